The first-order chi connectivity index (χ1) is 17.0. The predicted octanol–water partition coefficient (Wildman–Crippen LogP) is -1.87. The second kappa shape index (κ2) is 10.9. The van der Waals surface area contributed by atoms with Crippen LogP contribution in [0.15, 0.2) is 18.6 Å². The van der Waals surface area contributed by atoms with Gasteiger partial charge in [-0.05, 0) is 25.2 Å². The molecule has 1 saturated heterocycles. The maximum atomic E-state index is 13.4. The summed E-state index contributed by atoms with van der Waals surface area (Å²) in [7, 11) is 0. The number of nitrogens with one attached hydrogen (secondary N) is 1. The van der Waals surface area contributed by atoms with Crippen LogP contribution in [0.25, 0.3) is 0 Å². The summed E-state index contributed by atoms with van der Waals surface area (Å²) in [5.41, 5.74) is 15.5. The van der Waals surface area contributed by atoms with E-state index in [1.807, 2.05) is 13.8 Å². The molecule has 1 fully saturated rings. The van der Waals surface area contributed by atoms with Crippen molar-refractivity contribution in [2.75, 3.05) is 6.54 Å². The van der Waals surface area contributed by atoms with Gasteiger partial charge in [-0.3, -0.25) is 29.0 Å². The van der Waals surface area contributed by atoms with E-state index in [0.717, 1.165) is 4.68 Å². The maximum Gasteiger partial charge on any atom is 0.274 e. The highest BCUT2D eigenvalue weighted by atomic mass is 16.2. The van der Waals surface area contributed by atoms with Crippen LogP contribution in [0.5, 0.6) is 0 Å². The van der Waals surface area contributed by atoms with E-state index in [1.54, 1.807) is 0 Å². The summed E-state index contributed by atoms with van der Waals surface area (Å²) < 4.78 is 1.15. The van der Waals surface area contributed by atoms with Crippen molar-refractivity contribution in [3.63, 3.8) is 0 Å². The summed E-state index contributed by atoms with van der Waals surface area (Å²) in [6.45, 7) is 3.79. The zero-order valence-electron chi connectivity index (χ0n) is 19.8. The van der Waals surface area contributed by atoms with E-state index >= 15 is 0 Å². The van der Waals surface area contributed by atoms with Crippen LogP contribution in [0, 0.1) is 5.92 Å². The van der Waals surface area contributed by atoms with Crippen molar-refractivity contribution in [1.82, 2.24) is 35.2 Å². The molecular formula is C21H28N10O5. The lowest BCUT2D eigenvalue weighted by atomic mass is 9.94. The standard InChI is InChI=1S/C21H28N10O5/c1-10(2)7-12(17(22)32)27-20(35)14-8-11(31-16(19(24)34)15(18(23)33)28-29-31)3-6-30(14)21(36)13-9-25-4-5-26-13/h4-5,9-12,14H,3,6-8H2,1-2H3,(H2,22,32)(H2,23,33)(H2,24,34)(H,27,35). The van der Waals surface area contributed by atoms with E-state index in [4.69, 9.17) is 17.2 Å². The van der Waals surface area contributed by atoms with Gasteiger partial charge < -0.3 is 27.4 Å². The first-order valence-electron chi connectivity index (χ1n) is 11.2. The molecule has 2 aromatic rings. The molecule has 0 aliphatic carbocycles. The predicted molar refractivity (Wildman–Crippen MR) is 123 cm³/mol. The second-order valence-corrected chi connectivity index (χ2v) is 8.84. The Balaban J connectivity index is 1.96. The van der Waals surface area contributed by atoms with Crippen LogP contribution < -0.4 is 22.5 Å². The number of likely N-dealkylation sites (tertiary alicyclic amines) is 1. The minimum Gasteiger partial charge on any atom is -0.368 e. The van der Waals surface area contributed by atoms with Crippen molar-refractivity contribution in [1.29, 1.82) is 0 Å². The first-order valence-corrected chi connectivity index (χ1v) is 11.2. The number of piperidine rings is 1. The molecule has 3 unspecified atom stereocenters. The number of carbonyl (C=O) groups is 5. The number of amides is 5. The summed E-state index contributed by atoms with van der Waals surface area (Å²) >= 11 is 0. The molecule has 36 heavy (non-hydrogen) atoms. The number of primary amides is 3. The quantitative estimate of drug-likeness (QED) is 0.301. The summed E-state index contributed by atoms with van der Waals surface area (Å²) in [5.74, 6) is -3.80. The summed E-state index contributed by atoms with van der Waals surface area (Å²) in [5, 5.41) is 10.2. The van der Waals surface area contributed by atoms with Gasteiger partial charge in [-0.15, -0.1) is 5.10 Å². The van der Waals surface area contributed by atoms with Crippen LogP contribution in [-0.2, 0) is 9.59 Å². The Morgan fingerprint density at radius 3 is 2.39 bits per heavy atom. The molecule has 0 radical (unpaired) electrons. The van der Waals surface area contributed by atoms with Crippen molar-refractivity contribution in [3.05, 3.63) is 35.7 Å². The van der Waals surface area contributed by atoms with Gasteiger partial charge in [-0.2, -0.15) is 0 Å². The van der Waals surface area contributed by atoms with E-state index in [9.17, 15) is 24.0 Å². The molecule has 0 spiro atoms. The molecular weight excluding hydrogens is 472 g/mol. The molecule has 0 aromatic carbocycles. The summed E-state index contributed by atoms with van der Waals surface area (Å²) in [6.07, 6.45) is 4.53. The van der Waals surface area contributed by atoms with Crippen molar-refractivity contribution < 1.29 is 24.0 Å². The van der Waals surface area contributed by atoms with Crippen LogP contribution in [0.4, 0.5) is 0 Å². The van der Waals surface area contributed by atoms with E-state index in [1.165, 1.54) is 23.5 Å². The zero-order chi connectivity index (χ0) is 26.6. The highest BCUT2D eigenvalue weighted by Gasteiger charge is 2.40. The van der Waals surface area contributed by atoms with E-state index in [0.29, 0.717) is 6.42 Å². The molecule has 0 bridgehead atoms. The lowest BCUT2D eigenvalue weighted by molar-refractivity contribution is -0.131. The molecule has 15 nitrogen and oxygen atoms in total. The number of hydrogen-bond acceptors (Lipinski definition) is 9. The fourth-order valence-electron chi connectivity index (χ4n) is 4.15. The van der Waals surface area contributed by atoms with Gasteiger partial charge in [-0.25, -0.2) is 9.67 Å². The van der Waals surface area contributed by atoms with Gasteiger partial charge in [0.2, 0.25) is 11.8 Å². The molecule has 5 amide bonds. The highest BCUT2D eigenvalue weighted by molar-refractivity contribution is 6.03. The zero-order valence-corrected chi connectivity index (χ0v) is 19.8. The SMILES string of the molecule is CC(C)CC(NC(=O)C1CC(n2nnc(C(N)=O)c2C(N)=O)CCN1C(=O)c1cnccn1)C(N)=O. The van der Waals surface area contributed by atoms with Crippen LogP contribution >= 0.6 is 0 Å². The monoisotopic (exact) mass is 500 g/mol. The topological polar surface area (TPSA) is 235 Å². The largest absolute Gasteiger partial charge is 0.368 e. The summed E-state index contributed by atoms with van der Waals surface area (Å²) in [4.78, 5) is 71.5. The minimum atomic E-state index is -1.10. The Morgan fingerprint density at radius 2 is 1.83 bits per heavy atom. The molecule has 7 N–H and O–H groups in total. The van der Waals surface area contributed by atoms with Gasteiger partial charge in [0.05, 0.1) is 12.2 Å². The fourth-order valence-corrected chi connectivity index (χ4v) is 4.15. The lowest BCUT2D eigenvalue weighted by Crippen LogP contribution is -2.57. The lowest BCUT2D eigenvalue weighted by Gasteiger charge is -2.39. The van der Waals surface area contributed by atoms with E-state index in [2.05, 4.69) is 25.6 Å². The third-order valence-electron chi connectivity index (χ3n) is 5.79. The van der Waals surface area contributed by atoms with Crippen LogP contribution in [0.1, 0.15) is 70.6 Å². The molecule has 0 saturated carbocycles. The smallest absolute Gasteiger partial charge is 0.274 e. The number of hydrogen-bond donors (Lipinski definition) is 4. The Morgan fingerprint density at radius 1 is 1.11 bits per heavy atom. The number of carbonyl (C=O) groups excluding carboxylic acids is 5. The third-order valence-corrected chi connectivity index (χ3v) is 5.79. The van der Waals surface area contributed by atoms with Crippen molar-refractivity contribution in [2.24, 2.45) is 23.1 Å². The Hall–Kier alpha value is -4.43. The average molecular weight is 501 g/mol. The molecule has 15 heteroatoms. The van der Waals surface area contributed by atoms with Gasteiger partial charge >= 0.3 is 0 Å². The number of aromatic nitrogens is 5. The molecule has 2 aromatic heterocycles. The fraction of sp³-hybridized carbons (Fsp3) is 0.476. The van der Waals surface area contributed by atoms with Gasteiger partial charge in [0.1, 0.15) is 17.8 Å². The number of rotatable bonds is 9. The second-order valence-electron chi connectivity index (χ2n) is 8.84. The Kier molecular flexibility index (Phi) is 7.91. The Bertz CT molecular complexity index is 1170. The molecule has 192 valence electrons. The van der Waals surface area contributed by atoms with Crippen molar-refractivity contribution in [3.8, 4) is 0 Å². The van der Waals surface area contributed by atoms with Gasteiger partial charge in [0.25, 0.3) is 17.7 Å². The van der Waals surface area contributed by atoms with Gasteiger partial charge in [0, 0.05) is 18.9 Å². The maximum absolute atomic E-state index is 13.4. The van der Waals surface area contributed by atoms with Crippen molar-refractivity contribution in [2.45, 2.75) is 51.2 Å². The molecule has 3 rings (SSSR count). The highest BCUT2D eigenvalue weighted by Crippen LogP contribution is 2.29. The molecule has 1 aliphatic rings. The molecule has 1 aliphatic heterocycles. The third kappa shape index (κ3) is 5.61. The molecule has 3 heterocycles. The molecule has 3 atom stereocenters. The van der Waals surface area contributed by atoms with Crippen molar-refractivity contribution >= 4 is 29.5 Å². The van der Waals surface area contributed by atoms with E-state index in [-0.39, 0.29) is 36.7 Å². The van der Waals surface area contributed by atoms with Crippen LogP contribution in [0.2, 0.25) is 0 Å². The number of nitrogens with two attached hydrogens (primary N) is 3. The van der Waals surface area contributed by atoms with Gasteiger partial charge in [-0.1, -0.05) is 19.1 Å². The van der Waals surface area contributed by atoms with Gasteiger partial charge in [0.15, 0.2) is 11.4 Å². The Labute approximate surface area is 205 Å². The van der Waals surface area contributed by atoms with E-state index < -0.39 is 53.4 Å². The minimum absolute atomic E-state index is 0.0250. The summed E-state index contributed by atoms with van der Waals surface area (Å²) in [6, 6.07) is -2.71. The van der Waals surface area contributed by atoms with Crippen LogP contribution in [-0.4, -0.2) is 78.0 Å². The number of nitrogens with zero attached hydrogens (tertiary/aromatic N) is 6. The normalized spacial score (nSPS) is 18.5. The van der Waals surface area contributed by atoms with Crippen LogP contribution in [0.3, 0.4) is 0 Å². The average Bonchev–Trinajstić information content (AvgIpc) is 3.29. The first kappa shape index (κ1) is 26.2.